The maximum absolute atomic E-state index is 9.42. The summed E-state index contributed by atoms with van der Waals surface area (Å²) >= 11 is 0. The minimum Gasteiger partial charge on any atom is -0.382 e. The number of hydrogen-bond acceptors (Lipinski definition) is 6. The van der Waals surface area contributed by atoms with E-state index in [1.165, 1.54) is 0 Å². The number of pyridine rings is 1. The van der Waals surface area contributed by atoms with E-state index in [9.17, 15) is 5.11 Å². The zero-order valence-corrected chi connectivity index (χ0v) is 8.79. The standard InChI is InChI=1S/C10H12N4O2/c1-6-2-3-12-5-7(6)9-13-10(16-14-9)8(15)4-11/h2-3,5,8,15H,4,11H2,1H3. The Balaban J connectivity index is 2.35. The zero-order chi connectivity index (χ0) is 11.5. The first kappa shape index (κ1) is 10.7. The van der Waals surface area contributed by atoms with Crippen molar-refractivity contribution in [2.24, 2.45) is 5.73 Å². The van der Waals surface area contributed by atoms with Crippen molar-refractivity contribution in [3.8, 4) is 11.4 Å². The Morgan fingerprint density at radius 1 is 1.56 bits per heavy atom. The highest BCUT2D eigenvalue weighted by molar-refractivity contribution is 5.57. The lowest BCUT2D eigenvalue weighted by Crippen LogP contribution is -2.11. The van der Waals surface area contributed by atoms with Gasteiger partial charge in [0.1, 0.15) is 6.10 Å². The van der Waals surface area contributed by atoms with Gasteiger partial charge in [-0.2, -0.15) is 4.98 Å². The second-order valence-corrected chi connectivity index (χ2v) is 3.40. The Morgan fingerprint density at radius 3 is 3.06 bits per heavy atom. The van der Waals surface area contributed by atoms with Crippen LogP contribution in [-0.2, 0) is 0 Å². The van der Waals surface area contributed by atoms with E-state index >= 15 is 0 Å². The molecule has 0 radical (unpaired) electrons. The molecule has 0 amide bonds. The summed E-state index contributed by atoms with van der Waals surface area (Å²) < 4.78 is 4.91. The number of aryl methyl sites for hydroxylation is 1. The molecule has 6 heteroatoms. The smallest absolute Gasteiger partial charge is 0.257 e. The molecule has 0 aliphatic rings. The van der Waals surface area contributed by atoms with Gasteiger partial charge in [-0.3, -0.25) is 4.98 Å². The molecule has 84 valence electrons. The molecule has 1 unspecified atom stereocenters. The van der Waals surface area contributed by atoms with Gasteiger partial charge in [0.2, 0.25) is 5.82 Å². The van der Waals surface area contributed by atoms with Crippen LogP contribution in [0.25, 0.3) is 11.4 Å². The van der Waals surface area contributed by atoms with Gasteiger partial charge in [0.25, 0.3) is 5.89 Å². The van der Waals surface area contributed by atoms with Crippen molar-refractivity contribution in [2.45, 2.75) is 13.0 Å². The van der Waals surface area contributed by atoms with Gasteiger partial charge in [0, 0.05) is 24.5 Å². The Hall–Kier alpha value is -1.79. The van der Waals surface area contributed by atoms with Crippen molar-refractivity contribution < 1.29 is 9.63 Å². The van der Waals surface area contributed by atoms with Crippen LogP contribution in [0.4, 0.5) is 0 Å². The molecule has 0 aliphatic heterocycles. The highest BCUT2D eigenvalue weighted by Crippen LogP contribution is 2.20. The minimum atomic E-state index is -0.918. The SMILES string of the molecule is Cc1ccncc1-c1noc(C(O)CN)n1. The number of nitrogens with zero attached hydrogens (tertiary/aromatic N) is 3. The highest BCUT2D eigenvalue weighted by Gasteiger charge is 2.16. The number of aliphatic hydroxyl groups is 1. The molecular formula is C10H12N4O2. The Morgan fingerprint density at radius 2 is 2.38 bits per heavy atom. The van der Waals surface area contributed by atoms with E-state index in [-0.39, 0.29) is 12.4 Å². The van der Waals surface area contributed by atoms with E-state index in [1.54, 1.807) is 12.4 Å². The molecular weight excluding hydrogens is 208 g/mol. The topological polar surface area (TPSA) is 98.1 Å². The molecule has 0 bridgehead atoms. The Kier molecular flexibility index (Phi) is 2.93. The quantitative estimate of drug-likeness (QED) is 0.778. The first-order valence-electron chi connectivity index (χ1n) is 4.85. The fourth-order valence-electron chi connectivity index (χ4n) is 1.28. The summed E-state index contributed by atoms with van der Waals surface area (Å²) in [6.07, 6.45) is 2.42. The summed E-state index contributed by atoms with van der Waals surface area (Å²) in [5.41, 5.74) is 7.06. The molecule has 0 saturated heterocycles. The van der Waals surface area contributed by atoms with Crippen LogP contribution in [0.2, 0.25) is 0 Å². The van der Waals surface area contributed by atoms with E-state index in [1.807, 2.05) is 13.0 Å². The first-order valence-corrected chi connectivity index (χ1v) is 4.85. The molecule has 0 aliphatic carbocycles. The van der Waals surface area contributed by atoms with Crippen molar-refractivity contribution in [2.75, 3.05) is 6.54 Å². The van der Waals surface area contributed by atoms with Crippen molar-refractivity contribution in [3.05, 3.63) is 29.9 Å². The van der Waals surface area contributed by atoms with Crippen LogP contribution >= 0.6 is 0 Å². The zero-order valence-electron chi connectivity index (χ0n) is 8.79. The van der Waals surface area contributed by atoms with Crippen LogP contribution < -0.4 is 5.73 Å². The van der Waals surface area contributed by atoms with Gasteiger partial charge in [-0.15, -0.1) is 0 Å². The molecule has 0 fully saturated rings. The van der Waals surface area contributed by atoms with Gasteiger partial charge in [-0.05, 0) is 18.6 Å². The Labute approximate surface area is 92.1 Å². The van der Waals surface area contributed by atoms with Crippen LogP contribution in [0.1, 0.15) is 17.6 Å². The summed E-state index contributed by atoms with van der Waals surface area (Å²) in [4.78, 5) is 8.05. The number of aromatic nitrogens is 3. The van der Waals surface area contributed by atoms with Crippen molar-refractivity contribution >= 4 is 0 Å². The van der Waals surface area contributed by atoms with Crippen LogP contribution in [0.15, 0.2) is 23.0 Å². The fourth-order valence-corrected chi connectivity index (χ4v) is 1.28. The van der Waals surface area contributed by atoms with Gasteiger partial charge in [-0.25, -0.2) is 0 Å². The molecule has 2 heterocycles. The summed E-state index contributed by atoms with van der Waals surface area (Å²) in [5.74, 6) is 0.536. The molecule has 0 saturated carbocycles. The predicted molar refractivity (Wildman–Crippen MR) is 56.3 cm³/mol. The van der Waals surface area contributed by atoms with E-state index in [4.69, 9.17) is 10.3 Å². The second-order valence-electron chi connectivity index (χ2n) is 3.40. The molecule has 0 aromatic carbocycles. The molecule has 0 spiro atoms. The number of hydrogen-bond donors (Lipinski definition) is 2. The van der Waals surface area contributed by atoms with Crippen LogP contribution in [0, 0.1) is 6.92 Å². The minimum absolute atomic E-state index is 0.0493. The fraction of sp³-hybridized carbons (Fsp3) is 0.300. The predicted octanol–water partition coefficient (Wildman–Crippen LogP) is 0.432. The number of nitrogens with two attached hydrogens (primary N) is 1. The maximum atomic E-state index is 9.42. The highest BCUT2D eigenvalue weighted by atomic mass is 16.5. The van der Waals surface area contributed by atoms with Crippen molar-refractivity contribution in [1.29, 1.82) is 0 Å². The second kappa shape index (κ2) is 4.38. The van der Waals surface area contributed by atoms with Gasteiger partial charge in [0.05, 0.1) is 0 Å². The molecule has 2 aromatic heterocycles. The lowest BCUT2D eigenvalue weighted by molar-refractivity contribution is 0.141. The lowest BCUT2D eigenvalue weighted by Gasteiger charge is -1.99. The van der Waals surface area contributed by atoms with Gasteiger partial charge in [-0.1, -0.05) is 5.16 Å². The molecule has 3 N–H and O–H groups in total. The van der Waals surface area contributed by atoms with Gasteiger partial charge < -0.3 is 15.4 Å². The van der Waals surface area contributed by atoms with E-state index in [0.29, 0.717) is 5.82 Å². The van der Waals surface area contributed by atoms with Gasteiger partial charge in [0.15, 0.2) is 0 Å². The van der Waals surface area contributed by atoms with E-state index < -0.39 is 6.10 Å². The molecule has 16 heavy (non-hydrogen) atoms. The van der Waals surface area contributed by atoms with Gasteiger partial charge >= 0.3 is 0 Å². The first-order chi connectivity index (χ1) is 7.72. The van der Waals surface area contributed by atoms with Crippen LogP contribution in [0.3, 0.4) is 0 Å². The van der Waals surface area contributed by atoms with E-state index in [2.05, 4.69) is 15.1 Å². The van der Waals surface area contributed by atoms with Crippen LogP contribution in [-0.4, -0.2) is 26.8 Å². The molecule has 2 rings (SSSR count). The van der Waals surface area contributed by atoms with E-state index in [0.717, 1.165) is 11.1 Å². The third-order valence-electron chi connectivity index (χ3n) is 2.23. The Bertz CT molecular complexity index is 483. The molecule has 1 atom stereocenters. The third-order valence-corrected chi connectivity index (χ3v) is 2.23. The summed E-state index contributed by atoms with van der Waals surface area (Å²) in [5, 5.41) is 13.2. The third kappa shape index (κ3) is 1.93. The normalized spacial score (nSPS) is 12.7. The van der Waals surface area contributed by atoms with Crippen molar-refractivity contribution in [1.82, 2.24) is 15.1 Å². The average Bonchev–Trinajstić information content (AvgIpc) is 2.78. The average molecular weight is 220 g/mol. The lowest BCUT2D eigenvalue weighted by atomic mass is 10.1. The van der Waals surface area contributed by atoms with Crippen molar-refractivity contribution in [3.63, 3.8) is 0 Å². The molecule has 2 aromatic rings. The number of rotatable bonds is 3. The summed E-state index contributed by atoms with van der Waals surface area (Å²) in [6, 6.07) is 1.85. The maximum Gasteiger partial charge on any atom is 0.257 e. The summed E-state index contributed by atoms with van der Waals surface area (Å²) in [7, 11) is 0. The molecule has 6 nitrogen and oxygen atoms in total. The summed E-state index contributed by atoms with van der Waals surface area (Å²) in [6.45, 7) is 1.97. The largest absolute Gasteiger partial charge is 0.382 e. The van der Waals surface area contributed by atoms with Crippen LogP contribution in [0.5, 0.6) is 0 Å². The number of aliphatic hydroxyl groups excluding tert-OH is 1. The monoisotopic (exact) mass is 220 g/mol.